The molecule has 2 saturated carbocycles. The third kappa shape index (κ3) is 6.13. The van der Waals surface area contributed by atoms with Crippen molar-refractivity contribution in [3.05, 3.63) is 53.9 Å². The number of piperidine rings is 1. The molecule has 1 saturated heterocycles. The second kappa shape index (κ2) is 12.6. The number of hydrogen-bond donors (Lipinski definition) is 3. The predicted octanol–water partition coefficient (Wildman–Crippen LogP) is 3.26. The minimum absolute atomic E-state index is 0.0931. The van der Waals surface area contributed by atoms with Gasteiger partial charge in [0.15, 0.2) is 5.54 Å². The number of hydrogen-bond acceptors (Lipinski definition) is 5. The van der Waals surface area contributed by atoms with E-state index >= 15 is 0 Å². The van der Waals surface area contributed by atoms with Crippen molar-refractivity contribution in [1.29, 1.82) is 0 Å². The van der Waals surface area contributed by atoms with Crippen LogP contribution in [0.2, 0.25) is 0 Å². The first-order valence-electron chi connectivity index (χ1n) is 16.4. The van der Waals surface area contributed by atoms with E-state index in [0.717, 1.165) is 67.4 Å². The SMILES string of the molecule is COCCCN1C(=O)C(C)(C)Cc2ccc(N(C(=O)[C@H]3CNC[C@@H](C(O)=[NH+]C4(c5ccncc5)CCCC4)C3)C3CC3)cc21. The maximum Gasteiger partial charge on any atom is 0.337 e. The molecule has 44 heavy (non-hydrogen) atoms. The predicted molar refractivity (Wildman–Crippen MR) is 171 cm³/mol. The molecule has 4 aliphatic rings. The Morgan fingerprint density at radius 1 is 1.14 bits per heavy atom. The number of amides is 2. The number of aliphatic hydroxyl groups excluding tert-OH is 1. The van der Waals surface area contributed by atoms with Crippen LogP contribution >= 0.6 is 0 Å². The minimum atomic E-state index is -0.475. The standard InChI is InChI=1S/C35H47N5O4/c1-34(2)21-24-7-8-29(20-30(24)39(33(34)43)17-6-18-44-3)40(28-9-10-28)32(42)26-19-25(22-37-23-26)31(41)38-35(13-4-5-14-35)27-11-15-36-16-12-27/h7-8,11-12,15-16,20,25-26,28,37H,4-6,9-10,13-14,17-19,21-23H2,1-3H3,(H,38,41)/p+1/t25-,26+/m0/s1. The number of ether oxygens (including phenoxy) is 1. The van der Waals surface area contributed by atoms with Crippen LogP contribution in [0.4, 0.5) is 11.4 Å². The summed E-state index contributed by atoms with van der Waals surface area (Å²) in [6, 6.07) is 10.5. The van der Waals surface area contributed by atoms with Gasteiger partial charge in [0.2, 0.25) is 11.8 Å². The molecule has 0 radical (unpaired) electrons. The maximum atomic E-state index is 14.3. The third-order valence-corrected chi connectivity index (χ3v) is 10.1. The summed E-state index contributed by atoms with van der Waals surface area (Å²) in [6.07, 6.45) is 11.7. The van der Waals surface area contributed by atoms with Gasteiger partial charge >= 0.3 is 5.90 Å². The van der Waals surface area contributed by atoms with E-state index < -0.39 is 5.41 Å². The summed E-state index contributed by atoms with van der Waals surface area (Å²) < 4.78 is 5.28. The van der Waals surface area contributed by atoms with E-state index in [1.165, 1.54) is 0 Å². The molecular formula is C35H48N5O4+. The second-order valence-electron chi connectivity index (χ2n) is 13.9. The summed E-state index contributed by atoms with van der Waals surface area (Å²) in [6.45, 7) is 6.41. The van der Waals surface area contributed by atoms with Gasteiger partial charge in [-0.3, -0.25) is 14.6 Å². The van der Waals surface area contributed by atoms with Gasteiger partial charge in [-0.25, -0.2) is 4.99 Å². The molecule has 0 bridgehead atoms. The molecule has 2 aliphatic heterocycles. The summed E-state index contributed by atoms with van der Waals surface area (Å²) in [5.74, 6) is 0.0573. The number of anilines is 2. The quantitative estimate of drug-likeness (QED) is 0.219. The number of aliphatic hydroxyl groups is 1. The van der Waals surface area contributed by atoms with E-state index in [9.17, 15) is 14.7 Å². The number of methoxy groups -OCH3 is 1. The molecule has 0 unspecified atom stereocenters. The Balaban J connectivity index is 1.23. The van der Waals surface area contributed by atoms with E-state index in [0.29, 0.717) is 39.1 Å². The van der Waals surface area contributed by atoms with E-state index in [2.05, 4.69) is 33.5 Å². The van der Waals surface area contributed by atoms with Gasteiger partial charge in [-0.15, -0.1) is 0 Å². The van der Waals surface area contributed by atoms with Crippen LogP contribution in [-0.4, -0.2) is 67.2 Å². The molecule has 2 aromatic rings. The van der Waals surface area contributed by atoms with Gasteiger partial charge in [0.25, 0.3) is 0 Å². The van der Waals surface area contributed by atoms with Crippen LogP contribution in [0, 0.1) is 17.3 Å². The normalized spacial score (nSPS) is 24.7. The molecule has 2 aliphatic carbocycles. The van der Waals surface area contributed by atoms with Crippen LogP contribution in [0.15, 0.2) is 42.7 Å². The van der Waals surface area contributed by atoms with E-state index in [1.54, 1.807) is 7.11 Å². The monoisotopic (exact) mass is 602 g/mol. The Morgan fingerprint density at radius 2 is 1.86 bits per heavy atom. The fourth-order valence-corrected chi connectivity index (χ4v) is 7.59. The molecule has 6 rings (SSSR count). The lowest BCUT2D eigenvalue weighted by molar-refractivity contribution is -0.572. The lowest BCUT2D eigenvalue weighted by atomic mass is 9.80. The van der Waals surface area contributed by atoms with Gasteiger partial charge in [-0.1, -0.05) is 19.9 Å². The number of nitrogens with one attached hydrogen (secondary N) is 2. The molecule has 3 heterocycles. The van der Waals surface area contributed by atoms with Crippen LogP contribution in [-0.2, 0) is 26.3 Å². The topological polar surface area (TPSA) is 109 Å². The number of aromatic nitrogens is 1. The van der Waals surface area contributed by atoms with Gasteiger partial charge in [0, 0.05) is 87.0 Å². The van der Waals surface area contributed by atoms with Crippen molar-refractivity contribution in [3.8, 4) is 0 Å². The van der Waals surface area contributed by atoms with Crippen molar-refractivity contribution < 1.29 is 24.4 Å². The van der Waals surface area contributed by atoms with Gasteiger partial charge in [0.05, 0.1) is 11.8 Å². The highest BCUT2D eigenvalue weighted by molar-refractivity contribution is 6.02. The molecule has 9 nitrogen and oxygen atoms in total. The summed E-state index contributed by atoms with van der Waals surface area (Å²) in [5.41, 5.74) is 3.29. The van der Waals surface area contributed by atoms with Crippen LogP contribution in [0.3, 0.4) is 0 Å². The average molecular weight is 603 g/mol. The van der Waals surface area contributed by atoms with Crippen LogP contribution in [0.25, 0.3) is 0 Å². The largest absolute Gasteiger partial charge is 0.463 e. The molecule has 3 N–H and O–H groups in total. The zero-order chi connectivity index (χ0) is 30.9. The fourth-order valence-electron chi connectivity index (χ4n) is 7.59. The van der Waals surface area contributed by atoms with E-state index in [1.807, 2.05) is 48.2 Å². The molecule has 1 aromatic carbocycles. The van der Waals surface area contributed by atoms with Crippen molar-refractivity contribution in [3.63, 3.8) is 0 Å². The Bertz CT molecular complexity index is 1380. The van der Waals surface area contributed by atoms with Crippen molar-refractivity contribution in [1.82, 2.24) is 10.3 Å². The molecule has 2 atom stereocenters. The summed E-state index contributed by atoms with van der Waals surface area (Å²) >= 11 is 0. The Kier molecular flexibility index (Phi) is 8.79. The van der Waals surface area contributed by atoms with Crippen molar-refractivity contribution >= 4 is 29.1 Å². The molecule has 0 spiro atoms. The Morgan fingerprint density at radius 3 is 2.57 bits per heavy atom. The molecule has 9 heteroatoms. The van der Waals surface area contributed by atoms with E-state index in [-0.39, 0.29) is 41.1 Å². The van der Waals surface area contributed by atoms with Gasteiger partial charge < -0.3 is 25.0 Å². The van der Waals surface area contributed by atoms with Gasteiger partial charge in [-0.2, -0.15) is 0 Å². The number of fused-ring (bicyclic) bond motifs is 1. The number of carbonyl (C=O) groups excluding carboxylic acids is 2. The lowest BCUT2D eigenvalue weighted by Crippen LogP contribution is -2.86. The molecule has 1 aromatic heterocycles. The zero-order valence-electron chi connectivity index (χ0n) is 26.5. The van der Waals surface area contributed by atoms with Crippen LogP contribution in [0.1, 0.15) is 76.3 Å². The summed E-state index contributed by atoms with van der Waals surface area (Å²) in [7, 11) is 1.68. The summed E-state index contributed by atoms with van der Waals surface area (Å²) in [5, 5.41) is 14.9. The first-order chi connectivity index (χ1) is 21.2. The van der Waals surface area contributed by atoms with Crippen molar-refractivity contribution in [2.24, 2.45) is 17.3 Å². The molecule has 236 valence electrons. The highest BCUT2D eigenvalue weighted by Gasteiger charge is 2.45. The second-order valence-corrected chi connectivity index (χ2v) is 13.9. The average Bonchev–Trinajstić information content (AvgIpc) is 3.75. The van der Waals surface area contributed by atoms with Gasteiger partial charge in [-0.05, 0) is 74.8 Å². The maximum absolute atomic E-state index is 14.3. The minimum Gasteiger partial charge on any atom is -0.463 e. The Labute approximate surface area is 261 Å². The molecule has 3 fully saturated rings. The van der Waals surface area contributed by atoms with E-state index in [4.69, 9.17) is 4.74 Å². The smallest absolute Gasteiger partial charge is 0.337 e. The highest BCUT2D eigenvalue weighted by atomic mass is 16.5. The Hall–Kier alpha value is -3.30. The number of carbonyl (C=O) groups is 2. The van der Waals surface area contributed by atoms with Gasteiger partial charge in [0.1, 0.15) is 0 Å². The van der Waals surface area contributed by atoms with Crippen molar-refractivity contribution in [2.75, 3.05) is 43.2 Å². The third-order valence-electron chi connectivity index (χ3n) is 10.1. The number of rotatable bonds is 10. The summed E-state index contributed by atoms with van der Waals surface area (Å²) in [4.78, 5) is 39.4. The first kappa shape index (κ1) is 30.7. The number of benzene rings is 1. The molecule has 2 amide bonds. The zero-order valence-corrected chi connectivity index (χ0v) is 26.5. The fraction of sp³-hybridized carbons (Fsp3) is 0.600. The van der Waals surface area contributed by atoms with Crippen LogP contribution < -0.4 is 20.1 Å². The first-order valence-corrected chi connectivity index (χ1v) is 16.4. The van der Waals surface area contributed by atoms with Crippen molar-refractivity contribution in [2.45, 2.75) is 83.2 Å². The number of pyridine rings is 1. The van der Waals surface area contributed by atoms with Crippen LogP contribution in [0.5, 0.6) is 0 Å². The highest BCUT2D eigenvalue weighted by Crippen LogP contribution is 2.42. The lowest BCUT2D eigenvalue weighted by Gasteiger charge is -2.39. The molecular weight excluding hydrogens is 554 g/mol. The number of nitrogens with zero attached hydrogens (tertiary/aromatic N) is 3.